The molecule has 88 valence electrons. The summed E-state index contributed by atoms with van der Waals surface area (Å²) >= 11 is 0. The van der Waals surface area contributed by atoms with Crippen molar-refractivity contribution in [2.24, 2.45) is 0 Å². The zero-order chi connectivity index (χ0) is 11.5. The molecule has 0 amide bonds. The molecule has 1 saturated heterocycles. The number of rotatable bonds is 1. The number of hydrogen-bond acceptors (Lipinski definition) is 2. The molecular weight excluding hydrogens is 203 g/mol. The van der Waals surface area contributed by atoms with Gasteiger partial charge in [-0.2, -0.15) is 0 Å². The number of nitrogens with zero attached hydrogens (tertiary/aromatic N) is 1. The van der Waals surface area contributed by atoms with Crippen LogP contribution in [0, 0.1) is 12.7 Å². The molecule has 2 rings (SSSR count). The van der Waals surface area contributed by atoms with Crippen molar-refractivity contribution in [3.63, 3.8) is 0 Å². The van der Waals surface area contributed by atoms with Crippen molar-refractivity contribution >= 4 is 0 Å². The quantitative estimate of drug-likeness (QED) is 0.783. The van der Waals surface area contributed by atoms with Crippen LogP contribution in [0.3, 0.4) is 0 Å². The molecule has 1 fully saturated rings. The molecule has 0 unspecified atom stereocenters. The van der Waals surface area contributed by atoms with Crippen LogP contribution >= 0.6 is 0 Å². The highest BCUT2D eigenvalue weighted by atomic mass is 19.1. The molecule has 1 heterocycles. The van der Waals surface area contributed by atoms with Crippen LogP contribution in [0.25, 0.3) is 0 Å². The van der Waals surface area contributed by atoms with Crippen LogP contribution in [0.4, 0.5) is 4.39 Å². The first-order chi connectivity index (χ1) is 7.68. The van der Waals surface area contributed by atoms with E-state index in [1.165, 1.54) is 5.56 Å². The van der Waals surface area contributed by atoms with Crippen LogP contribution in [-0.2, 0) is 0 Å². The SMILES string of the molecule is Cc1cc(F)ccc1[C@H]1CCNCCN1C. The van der Waals surface area contributed by atoms with E-state index >= 15 is 0 Å². The second-order valence-electron chi connectivity index (χ2n) is 4.54. The number of halogens is 1. The van der Waals surface area contributed by atoms with E-state index in [4.69, 9.17) is 0 Å². The van der Waals surface area contributed by atoms with E-state index in [9.17, 15) is 4.39 Å². The van der Waals surface area contributed by atoms with Crippen molar-refractivity contribution in [1.82, 2.24) is 10.2 Å². The zero-order valence-corrected chi connectivity index (χ0v) is 9.96. The fourth-order valence-electron chi connectivity index (χ4n) is 2.40. The molecule has 0 spiro atoms. The molecule has 1 aromatic carbocycles. The van der Waals surface area contributed by atoms with Gasteiger partial charge >= 0.3 is 0 Å². The summed E-state index contributed by atoms with van der Waals surface area (Å²) < 4.78 is 13.1. The van der Waals surface area contributed by atoms with E-state index in [-0.39, 0.29) is 5.82 Å². The van der Waals surface area contributed by atoms with Crippen LogP contribution in [0.5, 0.6) is 0 Å². The van der Waals surface area contributed by atoms with Crippen molar-refractivity contribution in [3.8, 4) is 0 Å². The van der Waals surface area contributed by atoms with Crippen molar-refractivity contribution in [2.45, 2.75) is 19.4 Å². The molecule has 1 N–H and O–H groups in total. The number of aryl methyl sites for hydroxylation is 1. The first-order valence-corrected chi connectivity index (χ1v) is 5.85. The van der Waals surface area contributed by atoms with Crippen LogP contribution in [0.1, 0.15) is 23.6 Å². The van der Waals surface area contributed by atoms with Crippen LogP contribution in [-0.4, -0.2) is 31.6 Å². The lowest BCUT2D eigenvalue weighted by Crippen LogP contribution is -2.27. The second-order valence-corrected chi connectivity index (χ2v) is 4.54. The Morgan fingerprint density at radius 1 is 1.38 bits per heavy atom. The average molecular weight is 222 g/mol. The second kappa shape index (κ2) is 4.93. The maximum absolute atomic E-state index is 13.1. The monoisotopic (exact) mass is 222 g/mol. The maximum atomic E-state index is 13.1. The van der Waals surface area contributed by atoms with E-state index in [0.717, 1.165) is 31.6 Å². The van der Waals surface area contributed by atoms with Gasteiger partial charge < -0.3 is 5.32 Å². The van der Waals surface area contributed by atoms with Gasteiger partial charge in [0.1, 0.15) is 5.82 Å². The highest BCUT2D eigenvalue weighted by Gasteiger charge is 2.20. The van der Waals surface area contributed by atoms with E-state index in [1.807, 2.05) is 13.0 Å². The number of likely N-dealkylation sites (N-methyl/N-ethyl adjacent to an activating group) is 1. The Balaban J connectivity index is 2.27. The Hall–Kier alpha value is -0.930. The summed E-state index contributed by atoms with van der Waals surface area (Å²) in [5.41, 5.74) is 2.31. The third-order valence-electron chi connectivity index (χ3n) is 3.36. The van der Waals surface area contributed by atoms with Crippen molar-refractivity contribution < 1.29 is 4.39 Å². The molecule has 1 aromatic rings. The summed E-state index contributed by atoms with van der Waals surface area (Å²) in [5.74, 6) is -0.143. The van der Waals surface area contributed by atoms with Gasteiger partial charge in [-0.25, -0.2) is 4.39 Å². The fraction of sp³-hybridized carbons (Fsp3) is 0.538. The van der Waals surface area contributed by atoms with Crippen molar-refractivity contribution in [2.75, 3.05) is 26.7 Å². The largest absolute Gasteiger partial charge is 0.315 e. The Morgan fingerprint density at radius 2 is 2.19 bits per heavy atom. The minimum atomic E-state index is -0.143. The molecule has 1 aliphatic rings. The van der Waals surface area contributed by atoms with Gasteiger partial charge in [-0.15, -0.1) is 0 Å². The van der Waals surface area contributed by atoms with Gasteiger partial charge in [0.05, 0.1) is 0 Å². The zero-order valence-electron chi connectivity index (χ0n) is 9.96. The molecule has 1 atom stereocenters. The molecule has 0 aliphatic carbocycles. The predicted molar refractivity (Wildman–Crippen MR) is 64.0 cm³/mol. The molecular formula is C13H19FN2. The summed E-state index contributed by atoms with van der Waals surface area (Å²) in [6.07, 6.45) is 1.09. The molecule has 0 aromatic heterocycles. The Bertz CT molecular complexity index is 365. The molecule has 0 bridgehead atoms. The third kappa shape index (κ3) is 2.42. The Kier molecular flexibility index (Phi) is 3.56. The normalized spacial score (nSPS) is 23.1. The van der Waals surface area contributed by atoms with Crippen LogP contribution < -0.4 is 5.32 Å². The minimum Gasteiger partial charge on any atom is -0.315 e. The van der Waals surface area contributed by atoms with Gasteiger partial charge in [-0.3, -0.25) is 4.90 Å². The van der Waals surface area contributed by atoms with Crippen LogP contribution in [0.2, 0.25) is 0 Å². The van der Waals surface area contributed by atoms with Crippen molar-refractivity contribution in [1.29, 1.82) is 0 Å². The minimum absolute atomic E-state index is 0.143. The summed E-state index contributed by atoms with van der Waals surface area (Å²) in [6, 6.07) is 5.53. The first kappa shape index (κ1) is 11.6. The average Bonchev–Trinajstić information content (AvgIpc) is 2.44. The van der Waals surface area contributed by atoms with Gasteiger partial charge in [-0.05, 0) is 50.2 Å². The predicted octanol–water partition coefficient (Wildman–Crippen LogP) is 2.10. The van der Waals surface area contributed by atoms with Crippen LogP contribution in [0.15, 0.2) is 18.2 Å². The molecule has 2 nitrogen and oxygen atoms in total. The molecule has 0 radical (unpaired) electrons. The lowest BCUT2D eigenvalue weighted by molar-refractivity contribution is 0.257. The molecule has 1 aliphatic heterocycles. The molecule has 16 heavy (non-hydrogen) atoms. The summed E-state index contributed by atoms with van der Waals surface area (Å²) in [6.45, 7) is 5.10. The van der Waals surface area contributed by atoms with Gasteiger partial charge in [0.2, 0.25) is 0 Å². The van der Waals surface area contributed by atoms with E-state index in [0.29, 0.717) is 6.04 Å². The number of benzene rings is 1. The number of hydrogen-bond donors (Lipinski definition) is 1. The summed E-state index contributed by atoms with van der Waals surface area (Å²) in [4.78, 5) is 2.35. The van der Waals surface area contributed by atoms with E-state index < -0.39 is 0 Å². The van der Waals surface area contributed by atoms with E-state index in [1.54, 1.807) is 12.1 Å². The number of nitrogens with one attached hydrogen (secondary N) is 1. The highest BCUT2D eigenvalue weighted by Crippen LogP contribution is 2.26. The smallest absolute Gasteiger partial charge is 0.123 e. The van der Waals surface area contributed by atoms with Crippen molar-refractivity contribution in [3.05, 3.63) is 35.1 Å². The standard InChI is InChI=1S/C13H19FN2/c1-10-9-11(14)3-4-12(10)13-5-6-15-7-8-16(13)2/h3-4,9,13,15H,5-8H2,1-2H3/t13-/m1/s1. The van der Waals surface area contributed by atoms with Gasteiger partial charge in [0.15, 0.2) is 0 Å². The summed E-state index contributed by atoms with van der Waals surface area (Å²) in [7, 11) is 2.14. The molecule has 0 saturated carbocycles. The van der Waals surface area contributed by atoms with Gasteiger partial charge in [0, 0.05) is 19.1 Å². The third-order valence-corrected chi connectivity index (χ3v) is 3.36. The van der Waals surface area contributed by atoms with Gasteiger partial charge in [0.25, 0.3) is 0 Å². The lowest BCUT2D eigenvalue weighted by Gasteiger charge is -2.27. The Morgan fingerprint density at radius 3 is 2.94 bits per heavy atom. The molecule has 3 heteroatoms. The highest BCUT2D eigenvalue weighted by molar-refractivity contribution is 5.29. The fourth-order valence-corrected chi connectivity index (χ4v) is 2.40. The van der Waals surface area contributed by atoms with E-state index in [2.05, 4.69) is 17.3 Å². The lowest BCUT2D eigenvalue weighted by atomic mass is 9.98. The Labute approximate surface area is 96.5 Å². The topological polar surface area (TPSA) is 15.3 Å². The first-order valence-electron chi connectivity index (χ1n) is 5.85. The summed E-state index contributed by atoms with van der Waals surface area (Å²) in [5, 5.41) is 3.39. The van der Waals surface area contributed by atoms with Gasteiger partial charge in [-0.1, -0.05) is 6.07 Å². The maximum Gasteiger partial charge on any atom is 0.123 e.